The average Bonchev–Trinajstić information content (AvgIpc) is 2.84. The number of amides is 1. The third-order valence-electron chi connectivity index (χ3n) is 3.26. The molecule has 0 unspecified atom stereocenters. The number of benzene rings is 1. The summed E-state index contributed by atoms with van der Waals surface area (Å²) in [6, 6.07) is 7.37. The summed E-state index contributed by atoms with van der Waals surface area (Å²) in [5.41, 5.74) is 2.07. The van der Waals surface area contributed by atoms with Crippen LogP contribution in [0, 0.1) is 0 Å². The first-order valence-electron chi connectivity index (χ1n) is 6.41. The second-order valence-electron chi connectivity index (χ2n) is 4.71. The standard InChI is InChI=1S/C14H19FN2O2.ClH/c1-19-9-11-5-3-2-4-10(11)7-17-14(18)13-6-12(15)8-16-13;/h2-5,12-13,16H,6-9H2,1H3,(H,17,18);1H/t12-,13+;/m0./s1. The number of carbonyl (C=O) groups excluding carboxylic acids is 1. The Kier molecular flexibility index (Phi) is 6.91. The van der Waals surface area contributed by atoms with Crippen molar-refractivity contribution in [2.45, 2.75) is 31.8 Å². The van der Waals surface area contributed by atoms with Crippen LogP contribution in [-0.2, 0) is 22.7 Å². The number of methoxy groups -OCH3 is 1. The number of hydrogen-bond acceptors (Lipinski definition) is 3. The van der Waals surface area contributed by atoms with E-state index in [9.17, 15) is 9.18 Å². The van der Waals surface area contributed by atoms with Gasteiger partial charge in [0.25, 0.3) is 0 Å². The number of rotatable bonds is 5. The summed E-state index contributed by atoms with van der Waals surface area (Å²) in [7, 11) is 1.64. The van der Waals surface area contributed by atoms with Gasteiger partial charge >= 0.3 is 0 Å². The molecule has 0 saturated carbocycles. The first kappa shape index (κ1) is 16.9. The summed E-state index contributed by atoms with van der Waals surface area (Å²) in [6.07, 6.45) is -0.664. The molecule has 1 saturated heterocycles. The van der Waals surface area contributed by atoms with E-state index in [2.05, 4.69) is 10.6 Å². The van der Waals surface area contributed by atoms with Gasteiger partial charge in [-0.05, 0) is 11.1 Å². The van der Waals surface area contributed by atoms with Crippen molar-refractivity contribution in [1.82, 2.24) is 10.6 Å². The van der Waals surface area contributed by atoms with Crippen molar-refractivity contribution in [3.8, 4) is 0 Å². The molecule has 1 fully saturated rings. The van der Waals surface area contributed by atoms with Crippen molar-refractivity contribution in [2.75, 3.05) is 13.7 Å². The van der Waals surface area contributed by atoms with Gasteiger partial charge < -0.3 is 15.4 Å². The molecule has 1 heterocycles. The lowest BCUT2D eigenvalue weighted by Crippen LogP contribution is -2.40. The Balaban J connectivity index is 0.00000200. The molecule has 1 aromatic rings. The van der Waals surface area contributed by atoms with E-state index in [4.69, 9.17) is 4.74 Å². The molecule has 2 rings (SSSR count). The minimum absolute atomic E-state index is 0. The molecule has 2 N–H and O–H groups in total. The minimum Gasteiger partial charge on any atom is -0.380 e. The van der Waals surface area contributed by atoms with Gasteiger partial charge in [-0.1, -0.05) is 24.3 Å². The second-order valence-corrected chi connectivity index (χ2v) is 4.71. The predicted molar refractivity (Wildman–Crippen MR) is 77.6 cm³/mol. The average molecular weight is 303 g/mol. The molecule has 2 atom stereocenters. The zero-order chi connectivity index (χ0) is 13.7. The highest BCUT2D eigenvalue weighted by Crippen LogP contribution is 2.12. The third-order valence-corrected chi connectivity index (χ3v) is 3.26. The van der Waals surface area contributed by atoms with Crippen LogP contribution in [0.3, 0.4) is 0 Å². The Labute approximate surface area is 124 Å². The van der Waals surface area contributed by atoms with Crippen LogP contribution in [0.1, 0.15) is 17.5 Å². The van der Waals surface area contributed by atoms with E-state index in [1.165, 1.54) is 0 Å². The first-order valence-corrected chi connectivity index (χ1v) is 6.41. The van der Waals surface area contributed by atoms with Crippen LogP contribution in [0.5, 0.6) is 0 Å². The van der Waals surface area contributed by atoms with Crippen LogP contribution in [0.25, 0.3) is 0 Å². The molecule has 1 aromatic carbocycles. The smallest absolute Gasteiger partial charge is 0.237 e. The van der Waals surface area contributed by atoms with Crippen molar-refractivity contribution in [3.63, 3.8) is 0 Å². The van der Waals surface area contributed by atoms with E-state index in [0.29, 0.717) is 13.2 Å². The number of nitrogens with one attached hydrogen (secondary N) is 2. The topological polar surface area (TPSA) is 50.4 Å². The Bertz CT molecular complexity index is 445. The molecule has 0 bridgehead atoms. The normalized spacial score (nSPS) is 21.3. The lowest BCUT2D eigenvalue weighted by molar-refractivity contribution is -0.123. The summed E-state index contributed by atoms with van der Waals surface area (Å²) in [4.78, 5) is 11.9. The van der Waals surface area contributed by atoms with Crippen molar-refractivity contribution in [3.05, 3.63) is 35.4 Å². The molecule has 0 spiro atoms. The van der Waals surface area contributed by atoms with Crippen molar-refractivity contribution >= 4 is 18.3 Å². The van der Waals surface area contributed by atoms with Gasteiger partial charge in [0.1, 0.15) is 6.17 Å². The molecule has 6 heteroatoms. The van der Waals surface area contributed by atoms with Gasteiger partial charge in [-0.25, -0.2) is 4.39 Å². The fourth-order valence-corrected chi connectivity index (χ4v) is 2.22. The summed E-state index contributed by atoms with van der Waals surface area (Å²) < 4.78 is 18.1. The highest BCUT2D eigenvalue weighted by Gasteiger charge is 2.28. The second kappa shape index (κ2) is 8.19. The van der Waals surface area contributed by atoms with Gasteiger partial charge in [0.2, 0.25) is 5.91 Å². The maximum atomic E-state index is 13.0. The van der Waals surface area contributed by atoms with Gasteiger partial charge in [0.05, 0.1) is 12.6 Å². The summed E-state index contributed by atoms with van der Waals surface area (Å²) >= 11 is 0. The van der Waals surface area contributed by atoms with Crippen LogP contribution < -0.4 is 10.6 Å². The van der Waals surface area contributed by atoms with Gasteiger partial charge in [-0.15, -0.1) is 12.4 Å². The van der Waals surface area contributed by atoms with Gasteiger partial charge in [-0.2, -0.15) is 0 Å². The molecule has 0 radical (unpaired) electrons. The number of ether oxygens (including phenoxy) is 1. The molecule has 1 aliphatic rings. The molecule has 0 aliphatic carbocycles. The largest absolute Gasteiger partial charge is 0.380 e. The summed E-state index contributed by atoms with van der Waals surface area (Å²) in [5, 5.41) is 5.71. The molecular weight excluding hydrogens is 283 g/mol. The number of halogens is 2. The number of hydrogen-bond donors (Lipinski definition) is 2. The van der Waals surface area contributed by atoms with E-state index in [1.54, 1.807) is 7.11 Å². The molecule has 0 aromatic heterocycles. The van der Waals surface area contributed by atoms with Crippen molar-refractivity contribution in [1.29, 1.82) is 0 Å². The van der Waals surface area contributed by atoms with Crippen molar-refractivity contribution in [2.24, 2.45) is 0 Å². The fourth-order valence-electron chi connectivity index (χ4n) is 2.22. The van der Waals surface area contributed by atoms with E-state index in [-0.39, 0.29) is 31.3 Å². The summed E-state index contributed by atoms with van der Waals surface area (Å²) in [5.74, 6) is -0.146. The van der Waals surface area contributed by atoms with Crippen molar-refractivity contribution < 1.29 is 13.9 Å². The zero-order valence-corrected chi connectivity index (χ0v) is 12.2. The van der Waals surface area contributed by atoms with E-state index in [1.807, 2.05) is 24.3 Å². The predicted octanol–water partition coefficient (Wildman–Crippen LogP) is 1.57. The highest BCUT2D eigenvalue weighted by molar-refractivity contribution is 5.85. The zero-order valence-electron chi connectivity index (χ0n) is 11.4. The lowest BCUT2D eigenvalue weighted by atomic mass is 10.1. The van der Waals surface area contributed by atoms with E-state index >= 15 is 0 Å². The molecule has 4 nitrogen and oxygen atoms in total. The fraction of sp³-hybridized carbons (Fsp3) is 0.500. The van der Waals surface area contributed by atoms with Crippen LogP contribution >= 0.6 is 12.4 Å². The third kappa shape index (κ3) is 4.44. The van der Waals surface area contributed by atoms with E-state index < -0.39 is 12.2 Å². The van der Waals surface area contributed by atoms with Gasteiger partial charge in [-0.3, -0.25) is 4.79 Å². The lowest BCUT2D eigenvalue weighted by Gasteiger charge is -2.13. The maximum Gasteiger partial charge on any atom is 0.237 e. The van der Waals surface area contributed by atoms with Crippen LogP contribution in [0.15, 0.2) is 24.3 Å². The molecule has 1 aliphatic heterocycles. The van der Waals surface area contributed by atoms with E-state index in [0.717, 1.165) is 11.1 Å². The number of carbonyl (C=O) groups is 1. The summed E-state index contributed by atoms with van der Waals surface area (Å²) in [6.45, 7) is 1.21. The van der Waals surface area contributed by atoms with Gasteiger partial charge in [0, 0.05) is 26.6 Å². The number of alkyl halides is 1. The quantitative estimate of drug-likeness (QED) is 0.868. The monoisotopic (exact) mass is 302 g/mol. The SMILES string of the molecule is COCc1ccccc1CNC(=O)[C@H]1C[C@H](F)CN1.Cl. The Morgan fingerprint density at radius 3 is 2.75 bits per heavy atom. The highest BCUT2D eigenvalue weighted by atomic mass is 35.5. The van der Waals surface area contributed by atoms with Crippen LogP contribution in [0.2, 0.25) is 0 Å². The Morgan fingerprint density at radius 2 is 2.15 bits per heavy atom. The first-order chi connectivity index (χ1) is 9.20. The van der Waals surface area contributed by atoms with Crippen LogP contribution in [0.4, 0.5) is 4.39 Å². The minimum atomic E-state index is -0.920. The Hall–Kier alpha value is -1.17. The molecular formula is C14H20ClFN2O2. The molecule has 112 valence electrons. The van der Waals surface area contributed by atoms with Crippen LogP contribution in [-0.4, -0.2) is 31.8 Å². The molecule has 1 amide bonds. The van der Waals surface area contributed by atoms with Gasteiger partial charge in [0.15, 0.2) is 0 Å². The maximum absolute atomic E-state index is 13.0. The Morgan fingerprint density at radius 1 is 1.45 bits per heavy atom. The molecule has 20 heavy (non-hydrogen) atoms.